The van der Waals surface area contributed by atoms with Crippen LogP contribution in [0, 0.1) is 0 Å². The fourth-order valence-corrected chi connectivity index (χ4v) is 2.22. The van der Waals surface area contributed by atoms with E-state index in [4.69, 9.17) is 5.73 Å². The van der Waals surface area contributed by atoms with Gasteiger partial charge in [-0.1, -0.05) is 42.5 Å². The zero-order chi connectivity index (χ0) is 16.7. The molecule has 0 aliphatic rings. The maximum Gasteiger partial charge on any atom is 0.312 e. The van der Waals surface area contributed by atoms with E-state index in [1.54, 1.807) is 24.1 Å². The van der Waals surface area contributed by atoms with Gasteiger partial charge >= 0.3 is 6.03 Å². The normalized spacial score (nSPS) is 10.1. The third kappa shape index (κ3) is 5.14. The van der Waals surface area contributed by atoms with Crippen molar-refractivity contribution in [3.63, 3.8) is 0 Å². The summed E-state index contributed by atoms with van der Waals surface area (Å²) in [5.74, 6) is -0.0182. The van der Waals surface area contributed by atoms with Gasteiger partial charge in [0.25, 0.3) is 5.91 Å². The summed E-state index contributed by atoms with van der Waals surface area (Å²) in [6.45, 7) is 1.02. The van der Waals surface area contributed by atoms with Crippen LogP contribution in [0.5, 0.6) is 0 Å². The first-order valence-corrected chi connectivity index (χ1v) is 7.48. The second kappa shape index (κ2) is 7.98. The summed E-state index contributed by atoms with van der Waals surface area (Å²) in [4.78, 5) is 24.8. The Kier molecular flexibility index (Phi) is 5.74. The number of likely N-dealkylation sites (N-methyl/N-ethyl adjacent to an activating group) is 1. The number of nitrogens with zero attached hydrogens (tertiary/aromatic N) is 1. The van der Waals surface area contributed by atoms with Crippen LogP contribution in [0.3, 0.4) is 0 Å². The quantitative estimate of drug-likeness (QED) is 0.858. The monoisotopic (exact) mass is 311 g/mol. The van der Waals surface area contributed by atoms with Crippen LogP contribution in [-0.2, 0) is 13.0 Å². The van der Waals surface area contributed by atoms with Crippen molar-refractivity contribution in [3.05, 3.63) is 71.3 Å². The third-order valence-corrected chi connectivity index (χ3v) is 3.59. The van der Waals surface area contributed by atoms with Gasteiger partial charge in [0.2, 0.25) is 0 Å². The van der Waals surface area contributed by atoms with Crippen molar-refractivity contribution in [1.82, 2.24) is 10.2 Å². The van der Waals surface area contributed by atoms with E-state index in [9.17, 15) is 9.59 Å². The largest absolute Gasteiger partial charge is 0.352 e. The minimum atomic E-state index is -0.564. The summed E-state index contributed by atoms with van der Waals surface area (Å²) in [5, 5.41) is 2.52. The number of rotatable bonds is 6. The zero-order valence-corrected chi connectivity index (χ0v) is 13.2. The standard InChI is InChI=1S/C18H21N3O2/c1-21(12-11-14-5-3-2-4-6-14)17(22)16-9-7-15(8-10-16)13-20-18(19)23/h2-10H,11-13H2,1H3,(H3,19,20,23). The number of carbonyl (C=O) groups excluding carboxylic acids is 2. The molecular weight excluding hydrogens is 290 g/mol. The Morgan fingerprint density at radius 3 is 2.26 bits per heavy atom. The Morgan fingerprint density at radius 2 is 1.65 bits per heavy atom. The van der Waals surface area contributed by atoms with Crippen molar-refractivity contribution in [1.29, 1.82) is 0 Å². The van der Waals surface area contributed by atoms with E-state index in [-0.39, 0.29) is 5.91 Å². The lowest BCUT2D eigenvalue weighted by Crippen LogP contribution is -2.29. The summed E-state index contributed by atoms with van der Waals surface area (Å²) < 4.78 is 0. The lowest BCUT2D eigenvalue weighted by molar-refractivity contribution is 0.0796. The Labute approximate surface area is 136 Å². The van der Waals surface area contributed by atoms with Gasteiger partial charge in [-0.2, -0.15) is 0 Å². The van der Waals surface area contributed by atoms with E-state index in [0.29, 0.717) is 18.7 Å². The van der Waals surface area contributed by atoms with Gasteiger partial charge in [-0.25, -0.2) is 4.79 Å². The number of nitrogens with one attached hydrogen (secondary N) is 1. The van der Waals surface area contributed by atoms with E-state index >= 15 is 0 Å². The molecule has 0 heterocycles. The molecule has 23 heavy (non-hydrogen) atoms. The van der Waals surface area contributed by atoms with Crippen LogP contribution in [0.4, 0.5) is 4.79 Å². The van der Waals surface area contributed by atoms with E-state index in [1.165, 1.54) is 5.56 Å². The first-order chi connectivity index (χ1) is 11.1. The first-order valence-electron chi connectivity index (χ1n) is 7.48. The molecule has 0 fully saturated rings. The highest BCUT2D eigenvalue weighted by atomic mass is 16.2. The second-order valence-electron chi connectivity index (χ2n) is 5.38. The van der Waals surface area contributed by atoms with E-state index in [0.717, 1.165) is 12.0 Å². The SMILES string of the molecule is CN(CCc1ccccc1)C(=O)c1ccc(CNC(N)=O)cc1. The number of nitrogens with two attached hydrogens (primary N) is 1. The fourth-order valence-electron chi connectivity index (χ4n) is 2.22. The van der Waals surface area contributed by atoms with Crippen molar-refractivity contribution < 1.29 is 9.59 Å². The highest BCUT2D eigenvalue weighted by Crippen LogP contribution is 2.08. The van der Waals surface area contributed by atoms with Gasteiger partial charge in [0.15, 0.2) is 0 Å². The van der Waals surface area contributed by atoms with E-state index in [1.807, 2.05) is 30.3 Å². The van der Waals surface area contributed by atoms with Crippen LogP contribution in [0.1, 0.15) is 21.5 Å². The van der Waals surface area contributed by atoms with Crippen LogP contribution >= 0.6 is 0 Å². The average molecular weight is 311 g/mol. The molecule has 3 N–H and O–H groups in total. The van der Waals surface area contributed by atoms with Crippen LogP contribution in [0.2, 0.25) is 0 Å². The molecule has 0 saturated carbocycles. The van der Waals surface area contributed by atoms with Crippen molar-refractivity contribution >= 4 is 11.9 Å². The summed E-state index contributed by atoms with van der Waals surface area (Å²) in [6.07, 6.45) is 0.823. The second-order valence-corrected chi connectivity index (χ2v) is 5.38. The molecular formula is C18H21N3O2. The van der Waals surface area contributed by atoms with E-state index in [2.05, 4.69) is 17.4 Å². The van der Waals surface area contributed by atoms with Crippen molar-refractivity contribution in [2.75, 3.05) is 13.6 Å². The number of urea groups is 1. The molecule has 2 aromatic rings. The number of benzene rings is 2. The van der Waals surface area contributed by atoms with Crippen LogP contribution in [0.15, 0.2) is 54.6 Å². The molecule has 0 radical (unpaired) electrons. The van der Waals surface area contributed by atoms with Gasteiger partial charge in [0.1, 0.15) is 0 Å². The number of primary amides is 1. The number of hydrogen-bond donors (Lipinski definition) is 2. The maximum atomic E-state index is 12.4. The zero-order valence-electron chi connectivity index (χ0n) is 13.2. The van der Waals surface area contributed by atoms with Gasteiger partial charge in [-0.05, 0) is 29.7 Å². The molecule has 0 unspecified atom stereocenters. The van der Waals surface area contributed by atoms with Crippen LogP contribution < -0.4 is 11.1 Å². The summed E-state index contributed by atoms with van der Waals surface area (Å²) in [6, 6.07) is 16.7. The number of amides is 3. The van der Waals surface area contributed by atoms with Gasteiger partial charge in [0, 0.05) is 25.7 Å². The van der Waals surface area contributed by atoms with Gasteiger partial charge in [-0.15, -0.1) is 0 Å². The maximum absolute atomic E-state index is 12.4. The Balaban J connectivity index is 1.90. The lowest BCUT2D eigenvalue weighted by atomic mass is 10.1. The minimum Gasteiger partial charge on any atom is -0.352 e. The average Bonchev–Trinajstić information content (AvgIpc) is 2.58. The molecule has 120 valence electrons. The fraction of sp³-hybridized carbons (Fsp3) is 0.222. The molecule has 5 nitrogen and oxygen atoms in total. The number of carbonyl (C=O) groups is 2. The highest BCUT2D eigenvalue weighted by Gasteiger charge is 2.11. The summed E-state index contributed by atoms with van der Waals surface area (Å²) >= 11 is 0. The Hall–Kier alpha value is -2.82. The Morgan fingerprint density at radius 1 is 1.00 bits per heavy atom. The topological polar surface area (TPSA) is 75.4 Å². The van der Waals surface area contributed by atoms with Crippen LogP contribution in [-0.4, -0.2) is 30.4 Å². The van der Waals surface area contributed by atoms with Crippen molar-refractivity contribution in [2.45, 2.75) is 13.0 Å². The smallest absolute Gasteiger partial charge is 0.312 e. The van der Waals surface area contributed by atoms with Crippen molar-refractivity contribution in [3.8, 4) is 0 Å². The predicted molar refractivity (Wildman–Crippen MR) is 90.0 cm³/mol. The minimum absolute atomic E-state index is 0.0182. The van der Waals surface area contributed by atoms with Gasteiger partial charge < -0.3 is 16.0 Å². The molecule has 0 aromatic heterocycles. The molecule has 0 aliphatic heterocycles. The highest BCUT2D eigenvalue weighted by molar-refractivity contribution is 5.94. The molecule has 2 rings (SSSR count). The predicted octanol–water partition coefficient (Wildman–Crippen LogP) is 2.17. The third-order valence-electron chi connectivity index (χ3n) is 3.59. The molecule has 0 bridgehead atoms. The molecule has 5 heteroatoms. The van der Waals surface area contributed by atoms with Gasteiger partial charge in [-0.3, -0.25) is 4.79 Å². The Bertz CT molecular complexity index is 654. The lowest BCUT2D eigenvalue weighted by Gasteiger charge is -2.17. The van der Waals surface area contributed by atoms with Gasteiger partial charge in [0.05, 0.1) is 0 Å². The van der Waals surface area contributed by atoms with E-state index < -0.39 is 6.03 Å². The molecule has 2 aromatic carbocycles. The summed E-state index contributed by atoms with van der Waals surface area (Å²) in [5.41, 5.74) is 7.76. The number of hydrogen-bond acceptors (Lipinski definition) is 2. The summed E-state index contributed by atoms with van der Waals surface area (Å²) in [7, 11) is 1.80. The molecule has 0 atom stereocenters. The van der Waals surface area contributed by atoms with Crippen LogP contribution in [0.25, 0.3) is 0 Å². The molecule has 0 spiro atoms. The first kappa shape index (κ1) is 16.5. The molecule has 0 aliphatic carbocycles. The van der Waals surface area contributed by atoms with Crippen molar-refractivity contribution in [2.24, 2.45) is 5.73 Å². The molecule has 3 amide bonds. The molecule has 0 saturated heterocycles.